The van der Waals surface area contributed by atoms with E-state index in [-0.39, 0.29) is 0 Å². The van der Waals surface area contributed by atoms with Gasteiger partial charge < -0.3 is 0 Å². The summed E-state index contributed by atoms with van der Waals surface area (Å²) in [5, 5.41) is 0. The molecular formula is C36H81Cl2CoP3. The Balaban J connectivity index is -0.000000246. The van der Waals surface area contributed by atoms with Gasteiger partial charge in [0.15, 0.2) is 0 Å². The van der Waals surface area contributed by atoms with E-state index >= 15 is 0 Å². The molecule has 0 saturated heterocycles. The minimum absolute atomic E-state index is 0.382. The molecule has 0 saturated carbocycles. The minimum atomic E-state index is 0.382. The zero-order valence-electron chi connectivity index (χ0n) is 30.5. The third-order valence-electron chi connectivity index (χ3n) is 7.45. The van der Waals surface area contributed by atoms with Crippen LogP contribution in [0.25, 0.3) is 0 Å². The van der Waals surface area contributed by atoms with Crippen LogP contribution in [0.4, 0.5) is 0 Å². The summed E-state index contributed by atoms with van der Waals surface area (Å²) >= 11 is 0.382. The van der Waals surface area contributed by atoms with E-state index in [1.807, 2.05) is 0 Å². The molecule has 0 fully saturated rings. The number of halogens is 2. The molecule has 0 nitrogen and oxygen atoms in total. The van der Waals surface area contributed by atoms with Gasteiger partial charge in [-0.2, -0.15) is 0 Å². The van der Waals surface area contributed by atoms with Gasteiger partial charge in [-0.05, 0) is 113 Å². The van der Waals surface area contributed by atoms with Gasteiger partial charge in [-0.1, -0.05) is 120 Å². The second-order valence-electron chi connectivity index (χ2n) is 11.8. The molecule has 0 N–H and O–H groups in total. The van der Waals surface area contributed by atoms with Crippen LogP contribution < -0.4 is 0 Å². The summed E-state index contributed by atoms with van der Waals surface area (Å²) in [6.07, 6.45) is 39.6. The summed E-state index contributed by atoms with van der Waals surface area (Å²) in [5.41, 5.74) is 0. The standard InChI is InChI=1S/3C12H27P.2ClH.Co/c3*1-4-7-10-13(11-8-5-2)12-9-6-3;;;/h3*4-12H2,1-3H3;2*1H;/q;;;;;+2/p-2. The fraction of sp³-hybridized carbons (Fsp3) is 1.00. The molecule has 0 aliphatic heterocycles. The van der Waals surface area contributed by atoms with Gasteiger partial charge in [-0.25, -0.2) is 0 Å². The van der Waals surface area contributed by atoms with Gasteiger partial charge in [0.2, 0.25) is 0 Å². The Kier molecular flexibility index (Phi) is 61.3. The van der Waals surface area contributed by atoms with Crippen molar-refractivity contribution in [3.63, 3.8) is 0 Å². The monoisotopic (exact) mass is 735 g/mol. The first-order chi connectivity index (χ1) is 20.5. The summed E-state index contributed by atoms with van der Waals surface area (Å²) in [6.45, 7) is 20.8. The number of hydrogen-bond donors (Lipinski definition) is 0. The van der Waals surface area contributed by atoms with Crippen LogP contribution in [0, 0.1) is 0 Å². The molecule has 0 rings (SSSR count). The maximum atomic E-state index is 4.73. The van der Waals surface area contributed by atoms with Crippen LogP contribution in [-0.2, 0) is 12.9 Å². The molecule has 0 radical (unpaired) electrons. The van der Waals surface area contributed by atoms with Crippen molar-refractivity contribution in [1.82, 2.24) is 0 Å². The molecule has 0 aromatic rings. The third kappa shape index (κ3) is 49.3. The van der Waals surface area contributed by atoms with E-state index in [9.17, 15) is 0 Å². The molecule has 0 aromatic carbocycles. The van der Waals surface area contributed by atoms with Crippen molar-refractivity contribution in [3.05, 3.63) is 0 Å². The van der Waals surface area contributed by atoms with Crippen LogP contribution in [0.3, 0.4) is 0 Å². The van der Waals surface area contributed by atoms with E-state index in [1.165, 1.54) is 116 Å². The molecule has 0 aliphatic carbocycles. The van der Waals surface area contributed by atoms with Crippen LogP contribution in [0.1, 0.15) is 178 Å². The predicted molar refractivity (Wildman–Crippen MR) is 210 cm³/mol. The molecule has 0 atom stereocenters. The second-order valence-corrected chi connectivity index (χ2v) is 21.5. The topological polar surface area (TPSA) is 0 Å². The maximum absolute atomic E-state index is 4.73. The molecule has 0 bridgehead atoms. The van der Waals surface area contributed by atoms with Gasteiger partial charge in [0.05, 0.1) is 0 Å². The van der Waals surface area contributed by atoms with Crippen LogP contribution in [-0.4, -0.2) is 55.5 Å². The van der Waals surface area contributed by atoms with Gasteiger partial charge in [0.1, 0.15) is 0 Å². The third-order valence-corrected chi connectivity index (χ3v) is 16.0. The Labute approximate surface area is 288 Å². The van der Waals surface area contributed by atoms with Crippen molar-refractivity contribution in [2.75, 3.05) is 55.5 Å². The first-order valence-electron chi connectivity index (χ1n) is 18.5. The Morgan fingerprint density at radius 1 is 0.286 bits per heavy atom. The van der Waals surface area contributed by atoms with Crippen LogP contribution in [0.15, 0.2) is 0 Å². The Morgan fingerprint density at radius 3 is 0.452 bits per heavy atom. The molecular weight excluding hydrogens is 655 g/mol. The Hall–Kier alpha value is 2.38. The molecule has 0 amide bonds. The van der Waals surface area contributed by atoms with Gasteiger partial charge in [0, 0.05) is 0 Å². The number of hydrogen-bond acceptors (Lipinski definition) is 0. The van der Waals surface area contributed by atoms with Gasteiger partial charge in [0.25, 0.3) is 0 Å². The van der Waals surface area contributed by atoms with Crippen molar-refractivity contribution in [2.24, 2.45) is 0 Å². The SMILES string of the molecule is CCCCP(CCCC)CCCC.CCCCP(CCCC)CCCC.CCCCP(CCCC)CCCC.[Cl][Co][Cl]. The van der Waals surface area contributed by atoms with E-state index < -0.39 is 0 Å². The van der Waals surface area contributed by atoms with Gasteiger partial charge in [-0.15, -0.1) is 23.8 Å². The summed E-state index contributed by atoms with van der Waals surface area (Å²) in [7, 11) is 10.7. The van der Waals surface area contributed by atoms with E-state index in [0.717, 1.165) is 0 Å². The molecule has 0 aliphatic rings. The van der Waals surface area contributed by atoms with Crippen molar-refractivity contribution < 1.29 is 12.9 Å². The number of unbranched alkanes of at least 4 members (excludes halogenated alkanes) is 9. The van der Waals surface area contributed by atoms with E-state index in [4.69, 9.17) is 20.3 Å². The molecule has 0 spiro atoms. The fourth-order valence-corrected chi connectivity index (χ4v) is 13.3. The predicted octanol–water partition coefficient (Wildman–Crippen LogP) is 16.0. The van der Waals surface area contributed by atoms with Crippen LogP contribution in [0.2, 0.25) is 0 Å². The molecule has 0 heterocycles. The zero-order valence-corrected chi connectivity index (χ0v) is 35.8. The molecule has 0 aromatic heterocycles. The van der Waals surface area contributed by atoms with Crippen LogP contribution >= 0.6 is 44.1 Å². The van der Waals surface area contributed by atoms with E-state index in [1.54, 1.807) is 55.5 Å². The van der Waals surface area contributed by atoms with E-state index in [2.05, 4.69) is 62.3 Å². The average molecular weight is 737 g/mol. The normalized spacial score (nSPS) is 10.8. The second kappa shape index (κ2) is 50.2. The van der Waals surface area contributed by atoms with Crippen molar-refractivity contribution in [3.8, 4) is 0 Å². The average Bonchev–Trinajstić information content (AvgIpc) is 3.01. The molecule has 42 heavy (non-hydrogen) atoms. The fourth-order valence-electron chi connectivity index (χ4n) is 4.44. The van der Waals surface area contributed by atoms with Crippen molar-refractivity contribution in [1.29, 1.82) is 0 Å². The molecule has 6 heteroatoms. The summed E-state index contributed by atoms with van der Waals surface area (Å²) in [5.74, 6) is 0. The quantitative estimate of drug-likeness (QED) is 0.0737. The van der Waals surface area contributed by atoms with Crippen LogP contribution in [0.5, 0.6) is 0 Å². The Bertz CT molecular complexity index is 305. The van der Waals surface area contributed by atoms with Gasteiger partial charge in [-0.3, -0.25) is 0 Å². The molecule has 0 unspecified atom stereocenters. The molecule has 263 valence electrons. The van der Waals surface area contributed by atoms with E-state index in [0.29, 0.717) is 36.7 Å². The number of rotatable bonds is 27. The zero-order chi connectivity index (χ0) is 32.5. The van der Waals surface area contributed by atoms with Crippen molar-refractivity contribution in [2.45, 2.75) is 178 Å². The summed E-state index contributed by atoms with van der Waals surface area (Å²) in [6, 6.07) is 0. The first kappa shape index (κ1) is 51.2. The van der Waals surface area contributed by atoms with Crippen molar-refractivity contribution >= 4 is 44.1 Å². The first-order valence-corrected chi connectivity index (χ1v) is 27.0. The summed E-state index contributed by atoms with van der Waals surface area (Å²) in [4.78, 5) is 0. The van der Waals surface area contributed by atoms with Gasteiger partial charge >= 0.3 is 33.2 Å². The Morgan fingerprint density at radius 2 is 0.381 bits per heavy atom. The summed E-state index contributed by atoms with van der Waals surface area (Å²) < 4.78 is 0.